The second-order valence-electron chi connectivity index (χ2n) is 7.71. The van der Waals surface area contributed by atoms with Gasteiger partial charge in [0.15, 0.2) is 0 Å². The fraction of sp³-hybridized carbons (Fsp3) is 0.417. The maximum absolute atomic E-state index is 13.1. The molecule has 2 amide bonds. The van der Waals surface area contributed by atoms with Crippen LogP contribution in [0.15, 0.2) is 54.6 Å². The van der Waals surface area contributed by atoms with Gasteiger partial charge < -0.3 is 10.2 Å². The second-order valence-corrected chi connectivity index (χ2v) is 8.11. The van der Waals surface area contributed by atoms with E-state index in [2.05, 4.69) is 19.2 Å². The predicted molar refractivity (Wildman–Crippen MR) is 119 cm³/mol. The van der Waals surface area contributed by atoms with Crippen LogP contribution in [-0.4, -0.2) is 29.3 Å². The van der Waals surface area contributed by atoms with E-state index in [-0.39, 0.29) is 11.8 Å². The molecule has 0 aliphatic heterocycles. The van der Waals surface area contributed by atoms with Crippen LogP contribution in [0.5, 0.6) is 0 Å². The Hall–Kier alpha value is -2.33. The standard InChI is InChI=1S/C24H31ClN2O2/c1-4-10-23(28)27(17-20-13-8-9-14-21(20)25)22(24(29)26-16-18(2)3)15-19-11-6-5-7-12-19/h5-9,11-14,18,22H,4,10,15-17H2,1-3H3,(H,26,29)/t22-/m0/s1. The zero-order chi connectivity index (χ0) is 21.2. The number of carbonyl (C=O) groups is 2. The lowest BCUT2D eigenvalue weighted by atomic mass is 10.0. The van der Waals surface area contributed by atoms with Crippen molar-refractivity contribution >= 4 is 23.4 Å². The molecule has 156 valence electrons. The van der Waals surface area contributed by atoms with Gasteiger partial charge in [0.1, 0.15) is 6.04 Å². The average molecular weight is 415 g/mol. The van der Waals surface area contributed by atoms with Crippen LogP contribution >= 0.6 is 11.6 Å². The molecule has 0 fully saturated rings. The topological polar surface area (TPSA) is 49.4 Å². The number of halogens is 1. The number of amides is 2. The number of hydrogen-bond acceptors (Lipinski definition) is 2. The number of nitrogens with zero attached hydrogens (tertiary/aromatic N) is 1. The lowest BCUT2D eigenvalue weighted by molar-refractivity contribution is -0.141. The molecule has 0 aliphatic carbocycles. The number of carbonyl (C=O) groups excluding carboxylic acids is 2. The van der Waals surface area contributed by atoms with Gasteiger partial charge in [-0.25, -0.2) is 0 Å². The van der Waals surface area contributed by atoms with E-state index < -0.39 is 6.04 Å². The Balaban J connectivity index is 2.36. The fourth-order valence-electron chi connectivity index (χ4n) is 3.14. The van der Waals surface area contributed by atoms with Crippen molar-refractivity contribution < 1.29 is 9.59 Å². The molecule has 0 unspecified atom stereocenters. The van der Waals surface area contributed by atoms with Crippen molar-refractivity contribution in [2.45, 2.75) is 52.6 Å². The predicted octanol–water partition coefficient (Wildman–Crippen LogP) is 4.85. The minimum atomic E-state index is -0.591. The first-order valence-corrected chi connectivity index (χ1v) is 10.6. The van der Waals surface area contributed by atoms with Gasteiger partial charge in [-0.15, -0.1) is 0 Å². The molecule has 2 rings (SSSR count). The van der Waals surface area contributed by atoms with Crippen LogP contribution in [0.2, 0.25) is 5.02 Å². The summed E-state index contributed by atoms with van der Waals surface area (Å²) in [5, 5.41) is 3.61. The summed E-state index contributed by atoms with van der Waals surface area (Å²) in [6.07, 6.45) is 1.58. The van der Waals surface area contributed by atoms with E-state index in [1.807, 2.05) is 61.5 Å². The Morgan fingerprint density at radius 1 is 1.03 bits per heavy atom. The number of benzene rings is 2. The maximum atomic E-state index is 13.1. The highest BCUT2D eigenvalue weighted by Crippen LogP contribution is 2.21. The van der Waals surface area contributed by atoms with Crippen LogP contribution < -0.4 is 5.32 Å². The first-order valence-electron chi connectivity index (χ1n) is 10.3. The Labute approximate surface area is 179 Å². The van der Waals surface area contributed by atoms with E-state index >= 15 is 0 Å². The third-order valence-corrected chi connectivity index (χ3v) is 5.09. The van der Waals surface area contributed by atoms with E-state index in [0.29, 0.717) is 36.9 Å². The number of rotatable bonds is 10. The van der Waals surface area contributed by atoms with Crippen molar-refractivity contribution in [3.63, 3.8) is 0 Å². The highest BCUT2D eigenvalue weighted by atomic mass is 35.5. The molecule has 0 spiro atoms. The first-order chi connectivity index (χ1) is 13.9. The Kier molecular flexibility index (Phi) is 9.20. The van der Waals surface area contributed by atoms with Gasteiger partial charge in [0.25, 0.3) is 0 Å². The van der Waals surface area contributed by atoms with Crippen molar-refractivity contribution in [3.8, 4) is 0 Å². The smallest absolute Gasteiger partial charge is 0.243 e. The summed E-state index contributed by atoms with van der Waals surface area (Å²) in [7, 11) is 0. The molecule has 0 saturated heterocycles. The molecule has 0 aliphatic rings. The molecule has 1 N–H and O–H groups in total. The van der Waals surface area contributed by atoms with Crippen molar-refractivity contribution in [1.82, 2.24) is 10.2 Å². The summed E-state index contributed by atoms with van der Waals surface area (Å²) >= 11 is 6.36. The molecule has 29 heavy (non-hydrogen) atoms. The van der Waals surface area contributed by atoms with Crippen LogP contribution in [0, 0.1) is 5.92 Å². The van der Waals surface area contributed by atoms with Crippen LogP contribution in [0.1, 0.15) is 44.7 Å². The van der Waals surface area contributed by atoms with E-state index in [1.54, 1.807) is 4.90 Å². The fourth-order valence-corrected chi connectivity index (χ4v) is 3.34. The Morgan fingerprint density at radius 3 is 2.31 bits per heavy atom. The van der Waals surface area contributed by atoms with Gasteiger partial charge >= 0.3 is 0 Å². The second kappa shape index (κ2) is 11.6. The molecule has 0 bridgehead atoms. The quantitative estimate of drug-likeness (QED) is 0.604. The Bertz CT molecular complexity index is 792. The summed E-state index contributed by atoms with van der Waals surface area (Å²) in [5.74, 6) is 0.173. The zero-order valence-corrected chi connectivity index (χ0v) is 18.3. The van der Waals surface area contributed by atoms with E-state index in [9.17, 15) is 9.59 Å². The van der Waals surface area contributed by atoms with Crippen LogP contribution in [-0.2, 0) is 22.6 Å². The lowest BCUT2D eigenvalue weighted by Gasteiger charge is -2.32. The molecule has 0 heterocycles. The molecule has 4 nitrogen and oxygen atoms in total. The van der Waals surface area contributed by atoms with Gasteiger partial charge in [-0.2, -0.15) is 0 Å². The third-order valence-electron chi connectivity index (χ3n) is 4.72. The molecule has 5 heteroatoms. The van der Waals surface area contributed by atoms with Crippen LogP contribution in [0.4, 0.5) is 0 Å². The SMILES string of the molecule is CCCC(=O)N(Cc1ccccc1Cl)[C@@H](Cc1ccccc1)C(=O)NCC(C)C. The maximum Gasteiger partial charge on any atom is 0.243 e. The van der Waals surface area contributed by atoms with Crippen molar-refractivity contribution in [3.05, 3.63) is 70.7 Å². The number of nitrogens with one attached hydrogen (secondary N) is 1. The van der Waals surface area contributed by atoms with Crippen LogP contribution in [0.3, 0.4) is 0 Å². The third kappa shape index (κ3) is 7.21. The molecule has 0 radical (unpaired) electrons. The molecular weight excluding hydrogens is 384 g/mol. The minimum Gasteiger partial charge on any atom is -0.354 e. The van der Waals surface area contributed by atoms with Crippen LogP contribution in [0.25, 0.3) is 0 Å². The van der Waals surface area contributed by atoms with E-state index in [0.717, 1.165) is 17.5 Å². The van der Waals surface area contributed by atoms with Gasteiger partial charge in [0.2, 0.25) is 11.8 Å². The van der Waals surface area contributed by atoms with Crippen molar-refractivity contribution in [1.29, 1.82) is 0 Å². The average Bonchev–Trinajstić information content (AvgIpc) is 2.71. The largest absolute Gasteiger partial charge is 0.354 e. The summed E-state index contributed by atoms with van der Waals surface area (Å²) in [4.78, 5) is 27.9. The molecule has 0 saturated carbocycles. The Morgan fingerprint density at radius 2 is 1.69 bits per heavy atom. The van der Waals surface area contributed by atoms with Gasteiger partial charge in [-0.3, -0.25) is 9.59 Å². The number of hydrogen-bond donors (Lipinski definition) is 1. The van der Waals surface area contributed by atoms with Gasteiger partial charge in [0.05, 0.1) is 0 Å². The highest BCUT2D eigenvalue weighted by Gasteiger charge is 2.30. The van der Waals surface area contributed by atoms with E-state index in [4.69, 9.17) is 11.6 Å². The summed E-state index contributed by atoms with van der Waals surface area (Å²) in [6, 6.07) is 16.7. The summed E-state index contributed by atoms with van der Waals surface area (Å²) in [5.41, 5.74) is 1.86. The normalized spacial score (nSPS) is 11.9. The zero-order valence-electron chi connectivity index (χ0n) is 17.5. The molecule has 2 aromatic rings. The minimum absolute atomic E-state index is 0.0342. The van der Waals surface area contributed by atoms with Gasteiger partial charge in [0, 0.05) is 31.0 Å². The molecule has 0 aromatic heterocycles. The highest BCUT2D eigenvalue weighted by molar-refractivity contribution is 6.31. The molecule has 1 atom stereocenters. The van der Waals surface area contributed by atoms with E-state index in [1.165, 1.54) is 0 Å². The summed E-state index contributed by atoms with van der Waals surface area (Å²) < 4.78 is 0. The van der Waals surface area contributed by atoms with Crippen molar-refractivity contribution in [2.24, 2.45) is 5.92 Å². The van der Waals surface area contributed by atoms with Crippen molar-refractivity contribution in [2.75, 3.05) is 6.54 Å². The van der Waals surface area contributed by atoms with Gasteiger partial charge in [-0.1, -0.05) is 80.9 Å². The molecular formula is C24H31ClN2O2. The monoisotopic (exact) mass is 414 g/mol. The van der Waals surface area contributed by atoms with Gasteiger partial charge in [-0.05, 0) is 29.5 Å². The first kappa shape index (κ1) is 23.0. The lowest BCUT2D eigenvalue weighted by Crippen LogP contribution is -2.51. The molecule has 2 aromatic carbocycles. The summed E-state index contributed by atoms with van der Waals surface area (Å²) in [6.45, 7) is 6.96.